The summed E-state index contributed by atoms with van der Waals surface area (Å²) in [6.07, 6.45) is -0.448. The summed E-state index contributed by atoms with van der Waals surface area (Å²) in [5, 5.41) is 10.3. The van der Waals surface area contributed by atoms with Crippen molar-refractivity contribution in [2.24, 2.45) is 0 Å². The largest absolute Gasteiger partial charge is 0.464 e. The molecule has 0 aliphatic rings. The number of anilines is 1. The maximum Gasteiger partial charge on any atom is 0.428 e. The second kappa shape index (κ2) is 5.46. The summed E-state index contributed by atoms with van der Waals surface area (Å²) in [7, 11) is -4.44. The molecule has 2 rings (SSSR count). The van der Waals surface area contributed by atoms with E-state index in [0.29, 0.717) is 0 Å². The van der Waals surface area contributed by atoms with E-state index < -0.39 is 26.8 Å². The van der Waals surface area contributed by atoms with E-state index in [1.807, 2.05) is 0 Å². The van der Waals surface area contributed by atoms with Crippen LogP contribution >= 0.6 is 27.3 Å². The van der Waals surface area contributed by atoms with E-state index in [1.165, 1.54) is 17.6 Å². The van der Waals surface area contributed by atoms with Gasteiger partial charge in [-0.3, -0.25) is 0 Å². The van der Waals surface area contributed by atoms with Crippen LogP contribution in [-0.2, 0) is 10.0 Å². The molecule has 106 valence electrons. The zero-order valence-electron chi connectivity index (χ0n) is 9.53. The number of sulfonamides is 1. The van der Waals surface area contributed by atoms with Gasteiger partial charge in [-0.25, -0.2) is 22.6 Å². The molecule has 2 aromatic rings. The zero-order valence-corrected chi connectivity index (χ0v) is 12.7. The monoisotopic (exact) mass is 380 g/mol. The lowest BCUT2D eigenvalue weighted by Crippen LogP contribution is -2.35. The number of rotatable bonds is 3. The minimum Gasteiger partial charge on any atom is -0.464 e. The van der Waals surface area contributed by atoms with Crippen LogP contribution in [0.5, 0.6) is 0 Å². The molecule has 1 aromatic carbocycles. The average Bonchev–Trinajstić information content (AvgIpc) is 2.85. The lowest BCUT2D eigenvalue weighted by molar-refractivity contribution is 0.206. The number of carbonyl (C=O) groups is 1. The van der Waals surface area contributed by atoms with E-state index in [-0.39, 0.29) is 13.9 Å². The SMILES string of the molecule is O=C(O)N(c1nccs1)S(=O)(=O)c1ccc(Br)c(F)c1. The van der Waals surface area contributed by atoms with Gasteiger partial charge in [0.25, 0.3) is 10.0 Å². The van der Waals surface area contributed by atoms with Crippen molar-refractivity contribution in [1.29, 1.82) is 0 Å². The third-order valence-electron chi connectivity index (χ3n) is 2.20. The normalized spacial score (nSPS) is 11.3. The molecule has 0 bridgehead atoms. The second-order valence-corrected chi connectivity index (χ2v) is 6.96. The van der Waals surface area contributed by atoms with Gasteiger partial charge >= 0.3 is 6.09 Å². The lowest BCUT2D eigenvalue weighted by Gasteiger charge is -2.16. The number of halogens is 2. The van der Waals surface area contributed by atoms with Crippen LogP contribution in [0, 0.1) is 5.82 Å². The molecular weight excluding hydrogens is 375 g/mol. The Morgan fingerprint density at radius 1 is 1.45 bits per heavy atom. The summed E-state index contributed by atoms with van der Waals surface area (Å²) in [6, 6.07) is 3.03. The topological polar surface area (TPSA) is 87.6 Å². The molecule has 0 saturated heterocycles. The van der Waals surface area contributed by atoms with Gasteiger partial charge in [0, 0.05) is 11.6 Å². The van der Waals surface area contributed by atoms with Crippen molar-refractivity contribution in [2.45, 2.75) is 4.90 Å². The predicted molar refractivity (Wildman–Crippen MR) is 73.9 cm³/mol. The van der Waals surface area contributed by atoms with Crippen molar-refractivity contribution in [2.75, 3.05) is 4.31 Å². The summed E-state index contributed by atoms with van der Waals surface area (Å²) >= 11 is 3.73. The van der Waals surface area contributed by atoms with Crippen LogP contribution in [0.3, 0.4) is 0 Å². The first-order valence-corrected chi connectivity index (χ1v) is 8.08. The van der Waals surface area contributed by atoms with E-state index in [9.17, 15) is 17.6 Å². The van der Waals surface area contributed by atoms with Gasteiger partial charge in [-0.05, 0) is 34.1 Å². The summed E-state index contributed by atoms with van der Waals surface area (Å²) in [5.74, 6) is -0.810. The Bertz CT molecular complexity index is 749. The highest BCUT2D eigenvalue weighted by molar-refractivity contribution is 9.10. The summed E-state index contributed by atoms with van der Waals surface area (Å²) < 4.78 is 38.1. The van der Waals surface area contributed by atoms with E-state index in [2.05, 4.69) is 20.9 Å². The minimum absolute atomic E-state index is 0.0765. The zero-order chi connectivity index (χ0) is 14.9. The molecule has 0 aliphatic heterocycles. The predicted octanol–water partition coefficient (Wildman–Crippen LogP) is 2.92. The molecule has 1 aromatic heterocycles. The Balaban J connectivity index is 2.57. The number of nitrogens with zero attached hydrogens (tertiary/aromatic N) is 2. The first kappa shape index (κ1) is 14.9. The minimum atomic E-state index is -4.44. The smallest absolute Gasteiger partial charge is 0.428 e. The van der Waals surface area contributed by atoms with Crippen molar-refractivity contribution in [3.63, 3.8) is 0 Å². The fourth-order valence-electron chi connectivity index (χ4n) is 1.35. The van der Waals surface area contributed by atoms with Crippen LogP contribution in [0.2, 0.25) is 0 Å². The molecular formula is C10H6BrFN2O4S2. The Kier molecular flexibility index (Phi) is 4.06. The summed E-state index contributed by atoms with van der Waals surface area (Å²) in [4.78, 5) is 14.4. The fourth-order valence-corrected chi connectivity index (χ4v) is 3.72. The standard InChI is InChI=1S/C10H6BrFN2O4S2/c11-7-2-1-6(5-8(7)12)20(17,18)14(10(15)16)9-13-3-4-19-9/h1-5H,(H,15,16). The van der Waals surface area contributed by atoms with Gasteiger partial charge in [0.1, 0.15) is 5.82 Å². The molecule has 1 heterocycles. The van der Waals surface area contributed by atoms with Gasteiger partial charge < -0.3 is 5.11 Å². The lowest BCUT2D eigenvalue weighted by atomic mass is 10.3. The molecule has 0 saturated carbocycles. The summed E-state index contributed by atoms with van der Waals surface area (Å²) in [5.41, 5.74) is 0. The maximum atomic E-state index is 13.4. The quantitative estimate of drug-likeness (QED) is 0.884. The van der Waals surface area contributed by atoms with Gasteiger partial charge in [-0.2, -0.15) is 0 Å². The number of hydrogen-bond acceptors (Lipinski definition) is 5. The molecule has 6 nitrogen and oxygen atoms in total. The third-order valence-corrected chi connectivity index (χ3v) is 5.37. The molecule has 0 unspecified atom stereocenters. The molecule has 1 amide bonds. The summed E-state index contributed by atoms with van der Waals surface area (Å²) in [6.45, 7) is 0. The number of benzene rings is 1. The highest BCUT2D eigenvalue weighted by atomic mass is 79.9. The number of carboxylic acid groups (broad SMARTS) is 1. The van der Waals surface area contributed by atoms with E-state index in [4.69, 9.17) is 5.11 Å². The number of aromatic nitrogens is 1. The number of amides is 1. The van der Waals surface area contributed by atoms with Crippen LogP contribution in [0.25, 0.3) is 0 Å². The number of hydrogen-bond donors (Lipinski definition) is 1. The van der Waals surface area contributed by atoms with Crippen molar-refractivity contribution >= 4 is 48.5 Å². The van der Waals surface area contributed by atoms with Gasteiger partial charge in [-0.15, -0.1) is 15.6 Å². The maximum absolute atomic E-state index is 13.4. The molecule has 10 heteroatoms. The van der Waals surface area contributed by atoms with Crippen molar-refractivity contribution in [1.82, 2.24) is 4.98 Å². The molecule has 0 fully saturated rings. The Morgan fingerprint density at radius 3 is 2.65 bits per heavy atom. The van der Waals surface area contributed by atoms with Gasteiger partial charge in [0.05, 0.1) is 9.37 Å². The van der Waals surface area contributed by atoms with E-state index >= 15 is 0 Å². The Hall–Kier alpha value is -1.52. The Morgan fingerprint density at radius 2 is 2.15 bits per heavy atom. The van der Waals surface area contributed by atoms with Crippen molar-refractivity contribution < 1.29 is 22.7 Å². The van der Waals surface area contributed by atoms with Crippen LogP contribution in [0.4, 0.5) is 14.3 Å². The van der Waals surface area contributed by atoms with Crippen molar-refractivity contribution in [3.05, 3.63) is 40.1 Å². The van der Waals surface area contributed by atoms with Crippen LogP contribution in [0.1, 0.15) is 0 Å². The first-order chi connectivity index (χ1) is 9.34. The van der Waals surface area contributed by atoms with Gasteiger partial charge in [0.2, 0.25) is 5.13 Å². The highest BCUT2D eigenvalue weighted by Gasteiger charge is 2.33. The van der Waals surface area contributed by atoms with Crippen molar-refractivity contribution in [3.8, 4) is 0 Å². The molecule has 1 N–H and O–H groups in total. The molecule has 0 radical (unpaired) electrons. The van der Waals surface area contributed by atoms with E-state index in [0.717, 1.165) is 23.5 Å². The first-order valence-electron chi connectivity index (χ1n) is 4.97. The van der Waals surface area contributed by atoms with Crippen LogP contribution in [0.15, 0.2) is 39.1 Å². The number of thiazole rings is 1. The molecule has 0 spiro atoms. The van der Waals surface area contributed by atoms with E-state index in [1.54, 1.807) is 0 Å². The van der Waals surface area contributed by atoms with Crippen LogP contribution < -0.4 is 4.31 Å². The average molecular weight is 381 g/mol. The van der Waals surface area contributed by atoms with Crippen LogP contribution in [-0.4, -0.2) is 24.6 Å². The molecule has 0 atom stereocenters. The highest BCUT2D eigenvalue weighted by Crippen LogP contribution is 2.27. The van der Waals surface area contributed by atoms with Gasteiger partial charge in [-0.1, -0.05) is 0 Å². The molecule has 20 heavy (non-hydrogen) atoms. The fraction of sp³-hybridized carbons (Fsp3) is 0. The third kappa shape index (κ3) is 2.67. The Labute approximate surface area is 125 Å². The second-order valence-electron chi connectivity index (χ2n) is 3.44. The van der Waals surface area contributed by atoms with Gasteiger partial charge in [0.15, 0.2) is 0 Å². The molecule has 0 aliphatic carbocycles.